The highest BCUT2D eigenvalue weighted by Gasteiger charge is 2.25. The van der Waals surface area contributed by atoms with Gasteiger partial charge in [0.1, 0.15) is 5.75 Å². The van der Waals surface area contributed by atoms with Gasteiger partial charge in [-0.1, -0.05) is 17.7 Å². The zero-order chi connectivity index (χ0) is 15.2. The van der Waals surface area contributed by atoms with Crippen LogP contribution in [0.3, 0.4) is 0 Å². The lowest BCUT2D eigenvalue weighted by Gasteiger charge is -2.30. The van der Waals surface area contributed by atoms with Gasteiger partial charge in [0.25, 0.3) is 0 Å². The Hall–Kier alpha value is -2.04. The van der Waals surface area contributed by atoms with Crippen molar-refractivity contribution >= 4 is 11.8 Å². The van der Waals surface area contributed by atoms with E-state index in [0.717, 1.165) is 5.75 Å². The fourth-order valence-electron chi connectivity index (χ4n) is 2.46. The standard InChI is InChI=1S/C16H22N2O3/c1-12-2-4-14(5-3-12)21-11-8-15(19)18-9-6-13(7-10-18)16(17)20/h2-5,13H,6-11H2,1H3,(H2,17,20). The molecular formula is C16H22N2O3. The van der Waals surface area contributed by atoms with Crippen LogP contribution in [-0.2, 0) is 9.59 Å². The van der Waals surface area contributed by atoms with E-state index in [-0.39, 0.29) is 17.7 Å². The number of carbonyl (C=O) groups is 2. The number of primary amides is 1. The molecule has 1 aromatic carbocycles. The quantitative estimate of drug-likeness (QED) is 0.893. The van der Waals surface area contributed by atoms with Crippen LogP contribution in [0.15, 0.2) is 24.3 Å². The molecule has 5 heteroatoms. The SMILES string of the molecule is Cc1ccc(OCCC(=O)N2CCC(C(N)=O)CC2)cc1. The highest BCUT2D eigenvalue weighted by molar-refractivity contribution is 5.78. The second-order valence-electron chi connectivity index (χ2n) is 5.47. The third-order valence-electron chi connectivity index (χ3n) is 3.86. The summed E-state index contributed by atoms with van der Waals surface area (Å²) in [5.74, 6) is 0.508. The summed E-state index contributed by atoms with van der Waals surface area (Å²) in [6.45, 7) is 3.61. The number of hydrogen-bond donors (Lipinski definition) is 1. The van der Waals surface area contributed by atoms with E-state index in [1.807, 2.05) is 31.2 Å². The van der Waals surface area contributed by atoms with Crippen LogP contribution in [0.2, 0.25) is 0 Å². The van der Waals surface area contributed by atoms with Gasteiger partial charge in [0.2, 0.25) is 11.8 Å². The van der Waals surface area contributed by atoms with Crippen LogP contribution in [-0.4, -0.2) is 36.4 Å². The number of aryl methyl sites for hydroxylation is 1. The van der Waals surface area contributed by atoms with Gasteiger partial charge in [-0.3, -0.25) is 9.59 Å². The molecule has 21 heavy (non-hydrogen) atoms. The molecular weight excluding hydrogens is 268 g/mol. The van der Waals surface area contributed by atoms with Crippen molar-refractivity contribution in [3.63, 3.8) is 0 Å². The summed E-state index contributed by atoms with van der Waals surface area (Å²) in [7, 11) is 0. The van der Waals surface area contributed by atoms with Crippen molar-refractivity contribution in [1.29, 1.82) is 0 Å². The molecule has 114 valence electrons. The summed E-state index contributed by atoms with van der Waals surface area (Å²) in [6.07, 6.45) is 1.69. The predicted octanol–water partition coefficient (Wildman–Crippen LogP) is 1.49. The Morgan fingerprint density at radius 2 is 1.86 bits per heavy atom. The van der Waals surface area contributed by atoms with Crippen LogP contribution >= 0.6 is 0 Å². The molecule has 1 aliphatic heterocycles. The number of hydrogen-bond acceptors (Lipinski definition) is 3. The third kappa shape index (κ3) is 4.48. The third-order valence-corrected chi connectivity index (χ3v) is 3.86. The lowest BCUT2D eigenvalue weighted by molar-refractivity contribution is -0.135. The normalized spacial score (nSPS) is 15.8. The van der Waals surface area contributed by atoms with Gasteiger partial charge in [-0.2, -0.15) is 0 Å². The van der Waals surface area contributed by atoms with Crippen LogP contribution in [0.1, 0.15) is 24.8 Å². The molecule has 2 amide bonds. The number of benzene rings is 1. The Kier molecular flexibility index (Phi) is 5.20. The molecule has 2 N–H and O–H groups in total. The Morgan fingerprint density at radius 1 is 1.24 bits per heavy atom. The molecule has 5 nitrogen and oxygen atoms in total. The molecule has 0 atom stereocenters. The molecule has 0 spiro atoms. The maximum atomic E-state index is 12.0. The van der Waals surface area contributed by atoms with Gasteiger partial charge in [-0.25, -0.2) is 0 Å². The topological polar surface area (TPSA) is 72.6 Å². The zero-order valence-corrected chi connectivity index (χ0v) is 12.4. The van der Waals surface area contributed by atoms with Crippen molar-refractivity contribution < 1.29 is 14.3 Å². The van der Waals surface area contributed by atoms with Gasteiger partial charge >= 0.3 is 0 Å². The monoisotopic (exact) mass is 290 g/mol. The number of ether oxygens (including phenoxy) is 1. The van der Waals surface area contributed by atoms with E-state index >= 15 is 0 Å². The van der Waals surface area contributed by atoms with Crippen LogP contribution in [0.5, 0.6) is 5.75 Å². The van der Waals surface area contributed by atoms with Crippen LogP contribution in [0.25, 0.3) is 0 Å². The summed E-state index contributed by atoms with van der Waals surface area (Å²) < 4.78 is 5.56. The summed E-state index contributed by atoms with van der Waals surface area (Å²) >= 11 is 0. The first-order chi connectivity index (χ1) is 10.1. The molecule has 0 aromatic heterocycles. The van der Waals surface area contributed by atoms with Crippen LogP contribution < -0.4 is 10.5 Å². The largest absolute Gasteiger partial charge is 0.493 e. The number of nitrogens with two attached hydrogens (primary N) is 1. The van der Waals surface area contributed by atoms with E-state index < -0.39 is 0 Å². The lowest BCUT2D eigenvalue weighted by atomic mass is 9.96. The minimum Gasteiger partial charge on any atom is -0.493 e. The molecule has 1 heterocycles. The first-order valence-corrected chi connectivity index (χ1v) is 7.33. The number of nitrogens with zero attached hydrogens (tertiary/aromatic N) is 1. The number of amides is 2. The molecule has 0 bridgehead atoms. The second-order valence-corrected chi connectivity index (χ2v) is 5.47. The van der Waals surface area contributed by atoms with E-state index in [9.17, 15) is 9.59 Å². The summed E-state index contributed by atoms with van der Waals surface area (Å²) in [6, 6.07) is 7.76. The van der Waals surface area contributed by atoms with Gasteiger partial charge < -0.3 is 15.4 Å². The fourth-order valence-corrected chi connectivity index (χ4v) is 2.46. The fraction of sp³-hybridized carbons (Fsp3) is 0.500. The molecule has 0 saturated carbocycles. The van der Waals surface area contributed by atoms with E-state index in [2.05, 4.69) is 0 Å². The van der Waals surface area contributed by atoms with Gasteiger partial charge in [-0.15, -0.1) is 0 Å². The van der Waals surface area contributed by atoms with Crippen molar-refractivity contribution in [3.8, 4) is 5.75 Å². The van der Waals surface area contributed by atoms with Gasteiger partial charge in [-0.05, 0) is 31.9 Å². The van der Waals surface area contributed by atoms with Gasteiger partial charge in [0.05, 0.1) is 13.0 Å². The Balaban J connectivity index is 1.70. The summed E-state index contributed by atoms with van der Waals surface area (Å²) in [5.41, 5.74) is 6.46. The zero-order valence-electron chi connectivity index (χ0n) is 12.4. The number of rotatable bonds is 5. The molecule has 1 aromatic rings. The first-order valence-electron chi connectivity index (χ1n) is 7.33. The minimum atomic E-state index is -0.259. The van der Waals surface area contributed by atoms with E-state index in [4.69, 9.17) is 10.5 Å². The van der Waals surface area contributed by atoms with E-state index in [1.54, 1.807) is 4.90 Å². The highest BCUT2D eigenvalue weighted by atomic mass is 16.5. The average Bonchev–Trinajstić information content (AvgIpc) is 2.49. The van der Waals surface area contributed by atoms with Crippen molar-refractivity contribution in [2.45, 2.75) is 26.2 Å². The van der Waals surface area contributed by atoms with E-state index in [0.29, 0.717) is 39.0 Å². The Bertz CT molecular complexity index is 491. The first kappa shape index (κ1) is 15.4. The van der Waals surface area contributed by atoms with E-state index in [1.165, 1.54) is 5.56 Å². The van der Waals surface area contributed by atoms with Crippen molar-refractivity contribution in [2.24, 2.45) is 11.7 Å². The minimum absolute atomic E-state index is 0.0741. The second kappa shape index (κ2) is 7.11. The average molecular weight is 290 g/mol. The smallest absolute Gasteiger partial charge is 0.225 e. The van der Waals surface area contributed by atoms with Crippen LogP contribution in [0.4, 0.5) is 0 Å². The van der Waals surface area contributed by atoms with Crippen molar-refractivity contribution in [2.75, 3.05) is 19.7 Å². The number of likely N-dealkylation sites (tertiary alicyclic amines) is 1. The summed E-state index contributed by atoms with van der Waals surface area (Å²) in [4.78, 5) is 24.9. The predicted molar refractivity (Wildman–Crippen MR) is 79.8 cm³/mol. The number of carbonyl (C=O) groups excluding carboxylic acids is 2. The molecule has 1 saturated heterocycles. The Morgan fingerprint density at radius 3 is 2.43 bits per heavy atom. The summed E-state index contributed by atoms with van der Waals surface area (Å²) in [5, 5.41) is 0. The number of piperidine rings is 1. The molecule has 0 unspecified atom stereocenters. The van der Waals surface area contributed by atoms with Crippen molar-refractivity contribution in [1.82, 2.24) is 4.90 Å². The molecule has 0 radical (unpaired) electrons. The van der Waals surface area contributed by atoms with Crippen molar-refractivity contribution in [3.05, 3.63) is 29.8 Å². The highest BCUT2D eigenvalue weighted by Crippen LogP contribution is 2.17. The lowest BCUT2D eigenvalue weighted by Crippen LogP contribution is -2.42. The maximum absolute atomic E-state index is 12.0. The molecule has 1 fully saturated rings. The Labute approximate surface area is 125 Å². The van der Waals surface area contributed by atoms with Gasteiger partial charge in [0, 0.05) is 19.0 Å². The van der Waals surface area contributed by atoms with Gasteiger partial charge in [0.15, 0.2) is 0 Å². The van der Waals surface area contributed by atoms with Crippen LogP contribution in [0, 0.1) is 12.8 Å². The maximum Gasteiger partial charge on any atom is 0.225 e. The molecule has 0 aliphatic carbocycles. The molecule has 1 aliphatic rings. The molecule has 2 rings (SSSR count).